The summed E-state index contributed by atoms with van der Waals surface area (Å²) in [5.74, 6) is 0.732. The Morgan fingerprint density at radius 2 is 1.68 bits per heavy atom. The molecule has 1 aromatic rings. The first-order valence-corrected chi connectivity index (χ1v) is 14.6. The Labute approximate surface area is 227 Å². The molecule has 0 N–H and O–H groups in total. The molecule has 0 unspecified atom stereocenters. The monoisotopic (exact) mass is 527 g/mol. The summed E-state index contributed by atoms with van der Waals surface area (Å²) in [4.78, 5) is 23.1. The van der Waals surface area contributed by atoms with Gasteiger partial charge in [0.1, 0.15) is 5.41 Å². The summed E-state index contributed by atoms with van der Waals surface area (Å²) in [5, 5.41) is 14.7. The minimum Gasteiger partial charge on any atom is -0.381 e. The van der Waals surface area contributed by atoms with Gasteiger partial charge in [-0.25, -0.2) is 0 Å². The molecular weight excluding hydrogens is 482 g/mol. The van der Waals surface area contributed by atoms with E-state index in [1.165, 1.54) is 5.56 Å². The van der Waals surface area contributed by atoms with Crippen molar-refractivity contribution in [3.05, 3.63) is 18.0 Å². The number of carbonyl (C=O) groups excluding carboxylic acids is 1. The van der Waals surface area contributed by atoms with Crippen LogP contribution in [0, 0.1) is 29.6 Å². The van der Waals surface area contributed by atoms with Crippen LogP contribution in [0.3, 0.4) is 0 Å². The van der Waals surface area contributed by atoms with Gasteiger partial charge in [-0.15, -0.1) is 0 Å². The third-order valence-corrected chi connectivity index (χ3v) is 9.04. The first-order chi connectivity index (χ1) is 18.5. The van der Waals surface area contributed by atoms with Gasteiger partial charge in [-0.05, 0) is 44.1 Å². The molecule has 1 amide bonds. The number of aromatic nitrogens is 2. The predicted octanol–water partition coefficient (Wildman–Crippen LogP) is 1.07. The van der Waals surface area contributed by atoms with Crippen LogP contribution in [0.4, 0.5) is 0 Å². The number of nitrogens with zero attached hydrogens (tertiary/aromatic N) is 7. The SMILES string of the molecule is Cc1cnn(C[C@H](CN2CCOCC2)N2CCN(C(=O)C3(C#N)CCN(CC4CCOCC4)CC3)CC2)c1. The van der Waals surface area contributed by atoms with Crippen molar-refractivity contribution in [2.24, 2.45) is 11.3 Å². The molecule has 4 aliphatic rings. The van der Waals surface area contributed by atoms with E-state index < -0.39 is 5.41 Å². The van der Waals surface area contributed by atoms with E-state index in [4.69, 9.17) is 9.47 Å². The van der Waals surface area contributed by atoms with E-state index in [-0.39, 0.29) is 5.91 Å². The molecule has 10 heteroatoms. The zero-order valence-corrected chi connectivity index (χ0v) is 23.1. The summed E-state index contributed by atoms with van der Waals surface area (Å²) < 4.78 is 13.1. The largest absolute Gasteiger partial charge is 0.381 e. The lowest BCUT2D eigenvalue weighted by Crippen LogP contribution is -2.59. The number of hydrogen-bond donors (Lipinski definition) is 0. The minimum absolute atomic E-state index is 0.0535. The lowest BCUT2D eigenvalue weighted by molar-refractivity contribution is -0.143. The van der Waals surface area contributed by atoms with Crippen molar-refractivity contribution < 1.29 is 14.3 Å². The molecule has 0 bridgehead atoms. The van der Waals surface area contributed by atoms with Gasteiger partial charge < -0.3 is 19.3 Å². The highest BCUT2D eigenvalue weighted by Gasteiger charge is 2.45. The van der Waals surface area contributed by atoms with Gasteiger partial charge in [0.15, 0.2) is 0 Å². The van der Waals surface area contributed by atoms with E-state index in [2.05, 4.69) is 43.7 Å². The van der Waals surface area contributed by atoms with Crippen molar-refractivity contribution in [1.82, 2.24) is 29.4 Å². The van der Waals surface area contributed by atoms with Crippen molar-refractivity contribution in [2.45, 2.75) is 45.2 Å². The fourth-order valence-electron chi connectivity index (χ4n) is 6.53. The van der Waals surface area contributed by atoms with Crippen LogP contribution in [0.25, 0.3) is 0 Å². The second kappa shape index (κ2) is 12.9. The zero-order chi connectivity index (χ0) is 26.4. The highest BCUT2D eigenvalue weighted by atomic mass is 16.5. The predicted molar refractivity (Wildman–Crippen MR) is 143 cm³/mol. The third-order valence-electron chi connectivity index (χ3n) is 9.04. The molecule has 1 atom stereocenters. The fraction of sp³-hybridized carbons (Fsp3) is 0.821. The maximum Gasteiger partial charge on any atom is 0.243 e. The molecule has 0 radical (unpaired) electrons. The molecule has 38 heavy (non-hydrogen) atoms. The van der Waals surface area contributed by atoms with Crippen molar-refractivity contribution in [3.63, 3.8) is 0 Å². The number of morpholine rings is 1. The highest BCUT2D eigenvalue weighted by molar-refractivity contribution is 5.85. The van der Waals surface area contributed by atoms with Crippen LogP contribution in [-0.2, 0) is 20.8 Å². The number of hydrogen-bond acceptors (Lipinski definition) is 8. The highest BCUT2D eigenvalue weighted by Crippen LogP contribution is 2.34. The summed E-state index contributed by atoms with van der Waals surface area (Å²) in [6, 6.07) is 2.80. The third kappa shape index (κ3) is 6.75. The molecule has 0 spiro atoms. The maximum absolute atomic E-state index is 13.7. The Bertz CT molecular complexity index is 934. The van der Waals surface area contributed by atoms with Gasteiger partial charge in [-0.1, -0.05) is 0 Å². The van der Waals surface area contributed by atoms with E-state index in [0.717, 1.165) is 98.2 Å². The lowest BCUT2D eigenvalue weighted by Gasteiger charge is -2.44. The summed E-state index contributed by atoms with van der Waals surface area (Å²) in [5.41, 5.74) is 0.305. The van der Waals surface area contributed by atoms with Crippen molar-refractivity contribution >= 4 is 5.91 Å². The first-order valence-electron chi connectivity index (χ1n) is 14.6. The summed E-state index contributed by atoms with van der Waals surface area (Å²) in [7, 11) is 0. The van der Waals surface area contributed by atoms with Crippen LogP contribution in [0.1, 0.15) is 31.2 Å². The van der Waals surface area contributed by atoms with Gasteiger partial charge in [0.2, 0.25) is 5.91 Å². The number of amides is 1. The van der Waals surface area contributed by atoms with E-state index in [9.17, 15) is 10.1 Å². The zero-order valence-electron chi connectivity index (χ0n) is 23.1. The van der Waals surface area contributed by atoms with Crippen molar-refractivity contribution in [2.75, 3.05) is 91.9 Å². The normalized spacial score (nSPS) is 25.2. The fourth-order valence-corrected chi connectivity index (χ4v) is 6.53. The average molecular weight is 528 g/mol. The van der Waals surface area contributed by atoms with Gasteiger partial charge in [-0.3, -0.25) is 19.3 Å². The van der Waals surface area contributed by atoms with Gasteiger partial charge in [0, 0.05) is 90.9 Å². The molecule has 5 rings (SSSR count). The summed E-state index contributed by atoms with van der Waals surface area (Å²) in [6.45, 7) is 14.9. The number of rotatable bonds is 8. The van der Waals surface area contributed by atoms with E-state index in [0.29, 0.717) is 37.9 Å². The van der Waals surface area contributed by atoms with Gasteiger partial charge in [0.25, 0.3) is 0 Å². The summed E-state index contributed by atoms with van der Waals surface area (Å²) >= 11 is 0. The second-order valence-corrected chi connectivity index (χ2v) is 11.7. The topological polar surface area (TPSA) is 90.1 Å². The number of carbonyl (C=O) groups is 1. The Morgan fingerprint density at radius 3 is 2.32 bits per heavy atom. The number of piperidine rings is 1. The second-order valence-electron chi connectivity index (χ2n) is 11.7. The quantitative estimate of drug-likeness (QED) is 0.496. The Hall–Kier alpha value is -2.03. The van der Waals surface area contributed by atoms with Crippen LogP contribution in [0.5, 0.6) is 0 Å². The number of nitriles is 1. The Balaban J connectivity index is 1.15. The number of aryl methyl sites for hydroxylation is 1. The van der Waals surface area contributed by atoms with Crippen molar-refractivity contribution in [3.8, 4) is 6.07 Å². The molecule has 10 nitrogen and oxygen atoms in total. The standard InChI is InChI=1S/C28H45N7O3/c1-24-18-30-35(19-24)22-26(21-32-12-16-38-17-13-32)33-8-10-34(11-9-33)27(36)28(23-29)4-6-31(7-5-28)20-25-2-14-37-15-3-25/h18-19,25-26H,2-17,20-22H2,1H3/t26-/m0/s1. The molecule has 1 aromatic heterocycles. The Kier molecular flexibility index (Phi) is 9.33. The van der Waals surface area contributed by atoms with E-state index >= 15 is 0 Å². The van der Waals surface area contributed by atoms with E-state index in [1.807, 2.05) is 11.1 Å². The molecule has 0 saturated carbocycles. The number of ether oxygens (including phenoxy) is 2. The lowest BCUT2D eigenvalue weighted by atomic mass is 9.78. The molecule has 5 heterocycles. The number of piperazine rings is 1. The van der Waals surface area contributed by atoms with Gasteiger partial charge in [0.05, 0.1) is 32.0 Å². The molecular formula is C28H45N7O3. The summed E-state index contributed by atoms with van der Waals surface area (Å²) in [6.07, 6.45) is 7.55. The smallest absolute Gasteiger partial charge is 0.243 e. The van der Waals surface area contributed by atoms with E-state index in [1.54, 1.807) is 0 Å². The number of likely N-dealkylation sites (tertiary alicyclic amines) is 1. The van der Waals surface area contributed by atoms with Crippen LogP contribution in [0.15, 0.2) is 12.4 Å². The van der Waals surface area contributed by atoms with Crippen LogP contribution < -0.4 is 0 Å². The van der Waals surface area contributed by atoms with Crippen molar-refractivity contribution in [1.29, 1.82) is 5.26 Å². The average Bonchev–Trinajstić information content (AvgIpc) is 3.38. The minimum atomic E-state index is -0.867. The molecule has 210 valence electrons. The van der Waals surface area contributed by atoms with Crippen LogP contribution >= 0.6 is 0 Å². The molecule has 4 saturated heterocycles. The van der Waals surface area contributed by atoms with Gasteiger partial charge in [-0.2, -0.15) is 10.4 Å². The molecule has 0 aliphatic carbocycles. The molecule has 4 fully saturated rings. The Morgan fingerprint density at radius 1 is 1.00 bits per heavy atom. The molecule has 4 aliphatic heterocycles. The van der Waals surface area contributed by atoms with Gasteiger partial charge >= 0.3 is 0 Å². The molecule has 0 aromatic carbocycles. The van der Waals surface area contributed by atoms with Crippen LogP contribution in [0.2, 0.25) is 0 Å². The van der Waals surface area contributed by atoms with Crippen LogP contribution in [-0.4, -0.2) is 133 Å². The first kappa shape index (κ1) is 27.5. The maximum atomic E-state index is 13.7.